The first kappa shape index (κ1) is 31.4. The number of aliphatic hydroxyl groups excluding tert-OH is 1. The summed E-state index contributed by atoms with van der Waals surface area (Å²) in [5, 5.41) is 23.8. The molecule has 1 amide bonds. The number of alkyl carbamates (subject to hydrolysis) is 1. The fourth-order valence-corrected chi connectivity index (χ4v) is 3.66. The third-order valence-corrected chi connectivity index (χ3v) is 5.86. The lowest BCUT2D eigenvalue weighted by Crippen LogP contribution is -2.42. The number of nitrogens with one attached hydrogen (secondary N) is 1. The summed E-state index contributed by atoms with van der Waals surface area (Å²) >= 11 is 0. The molecule has 204 valence electrons. The fourth-order valence-electron chi connectivity index (χ4n) is 3.66. The molecular weight excluding hydrogens is 466 g/mol. The molecule has 0 saturated heterocycles. The number of rotatable bonds is 8. The monoisotopic (exact) mass is 509 g/mol. The van der Waals surface area contributed by atoms with E-state index in [1.807, 2.05) is 45.9 Å². The number of cyclic esters (lactones) is 1. The molecule has 0 fully saturated rings. The molecule has 0 radical (unpaired) electrons. The summed E-state index contributed by atoms with van der Waals surface area (Å²) in [7, 11) is 0. The fraction of sp³-hybridized carbons (Fsp3) is 0.667. The van der Waals surface area contributed by atoms with Crippen molar-refractivity contribution in [1.82, 2.24) is 5.32 Å². The van der Waals surface area contributed by atoms with Crippen LogP contribution < -0.4 is 5.32 Å². The van der Waals surface area contributed by atoms with Crippen molar-refractivity contribution in [1.29, 1.82) is 0 Å². The van der Waals surface area contributed by atoms with Gasteiger partial charge in [0.1, 0.15) is 17.8 Å². The predicted molar refractivity (Wildman–Crippen MR) is 136 cm³/mol. The molecule has 0 bridgehead atoms. The number of amides is 1. The van der Waals surface area contributed by atoms with Crippen molar-refractivity contribution in [2.45, 2.75) is 91.1 Å². The topological polar surface area (TPSA) is 131 Å². The second kappa shape index (κ2) is 15.5. The Morgan fingerprint density at radius 2 is 2.03 bits per heavy atom. The van der Waals surface area contributed by atoms with E-state index in [0.717, 1.165) is 12.0 Å². The molecule has 0 aromatic carbocycles. The minimum Gasteiger partial charge on any atom is -0.457 e. The highest BCUT2D eigenvalue weighted by atomic mass is 16.6. The maximum atomic E-state index is 12.5. The van der Waals surface area contributed by atoms with Gasteiger partial charge in [0.25, 0.3) is 0 Å². The Labute approximate surface area is 214 Å². The summed E-state index contributed by atoms with van der Waals surface area (Å²) < 4.78 is 16.2. The number of ether oxygens (including phenoxy) is 3. The van der Waals surface area contributed by atoms with Gasteiger partial charge in [0, 0.05) is 25.3 Å². The average molecular weight is 510 g/mol. The van der Waals surface area contributed by atoms with E-state index >= 15 is 0 Å². The van der Waals surface area contributed by atoms with Crippen LogP contribution in [0.15, 0.2) is 36.0 Å². The van der Waals surface area contributed by atoms with Crippen LogP contribution in [0.2, 0.25) is 0 Å². The molecule has 1 aliphatic heterocycles. The normalized spacial score (nSPS) is 29.9. The number of aliphatic hydroxyl groups is 2. The van der Waals surface area contributed by atoms with Gasteiger partial charge in [0.2, 0.25) is 0 Å². The molecule has 1 heterocycles. The van der Waals surface area contributed by atoms with Gasteiger partial charge in [0.15, 0.2) is 0 Å². The van der Waals surface area contributed by atoms with Crippen LogP contribution in [-0.2, 0) is 23.8 Å². The van der Waals surface area contributed by atoms with Crippen molar-refractivity contribution < 1.29 is 38.8 Å². The van der Waals surface area contributed by atoms with Gasteiger partial charge in [-0.25, -0.2) is 4.79 Å². The van der Waals surface area contributed by atoms with Crippen LogP contribution in [0.5, 0.6) is 0 Å². The van der Waals surface area contributed by atoms with Crippen LogP contribution in [0.3, 0.4) is 0 Å². The predicted octanol–water partition coefficient (Wildman–Crippen LogP) is 3.59. The second-order valence-corrected chi connectivity index (χ2v) is 9.74. The van der Waals surface area contributed by atoms with E-state index in [9.17, 15) is 24.6 Å². The molecule has 3 N–H and O–H groups in total. The lowest BCUT2D eigenvalue weighted by molar-refractivity contribution is -0.157. The maximum absolute atomic E-state index is 12.5. The van der Waals surface area contributed by atoms with E-state index in [4.69, 9.17) is 14.2 Å². The van der Waals surface area contributed by atoms with E-state index in [1.165, 1.54) is 13.8 Å². The SMILES string of the molecule is CCCNC(=O)OC[C@@H](C)/C=C/C=C(\C)[C@H]1OC(=O)C[C@@H](O)CC[C@](C)(O)[C@H](OC(C)=O)/C=C/[C@@H]1C. The molecule has 0 aliphatic carbocycles. The van der Waals surface area contributed by atoms with E-state index in [1.54, 1.807) is 12.2 Å². The number of hydrogen-bond donors (Lipinski definition) is 3. The Hall–Kier alpha value is -2.65. The van der Waals surface area contributed by atoms with Gasteiger partial charge < -0.3 is 29.7 Å². The number of hydrogen-bond acceptors (Lipinski definition) is 8. The average Bonchev–Trinajstić information content (AvgIpc) is 2.80. The molecule has 0 aromatic rings. The molecule has 9 nitrogen and oxygen atoms in total. The summed E-state index contributed by atoms with van der Waals surface area (Å²) in [5.41, 5.74) is -0.659. The highest BCUT2D eigenvalue weighted by Gasteiger charge is 2.35. The third-order valence-electron chi connectivity index (χ3n) is 5.86. The zero-order chi connectivity index (χ0) is 27.3. The summed E-state index contributed by atoms with van der Waals surface area (Å²) in [6.45, 7) is 11.2. The van der Waals surface area contributed by atoms with Gasteiger partial charge in [0.05, 0.1) is 19.1 Å². The van der Waals surface area contributed by atoms with Gasteiger partial charge in [-0.1, -0.05) is 45.1 Å². The first-order valence-electron chi connectivity index (χ1n) is 12.6. The highest BCUT2D eigenvalue weighted by molar-refractivity contribution is 5.70. The summed E-state index contributed by atoms with van der Waals surface area (Å²) in [4.78, 5) is 35.7. The van der Waals surface area contributed by atoms with E-state index in [2.05, 4.69) is 5.32 Å². The Balaban J connectivity index is 3.02. The molecule has 36 heavy (non-hydrogen) atoms. The van der Waals surface area contributed by atoms with Crippen molar-refractivity contribution in [2.75, 3.05) is 13.2 Å². The molecule has 9 heteroatoms. The molecule has 0 saturated carbocycles. The van der Waals surface area contributed by atoms with Crippen molar-refractivity contribution in [3.8, 4) is 0 Å². The zero-order valence-electron chi connectivity index (χ0n) is 22.4. The van der Waals surface area contributed by atoms with E-state index in [-0.39, 0.29) is 37.7 Å². The summed E-state index contributed by atoms with van der Waals surface area (Å²) in [6.07, 6.45) is 6.76. The molecule has 0 unspecified atom stereocenters. The number of esters is 2. The lowest BCUT2D eigenvalue weighted by Gasteiger charge is -2.32. The number of carbonyl (C=O) groups is 3. The summed E-state index contributed by atoms with van der Waals surface area (Å²) in [5.74, 6) is -1.41. The van der Waals surface area contributed by atoms with Crippen molar-refractivity contribution in [3.05, 3.63) is 36.0 Å². The Morgan fingerprint density at radius 3 is 2.67 bits per heavy atom. The smallest absolute Gasteiger partial charge is 0.407 e. The second-order valence-electron chi connectivity index (χ2n) is 9.74. The summed E-state index contributed by atoms with van der Waals surface area (Å²) in [6, 6.07) is 0. The molecule has 0 aromatic heterocycles. The van der Waals surface area contributed by atoms with Crippen LogP contribution in [0.1, 0.15) is 67.2 Å². The Morgan fingerprint density at radius 1 is 1.33 bits per heavy atom. The van der Waals surface area contributed by atoms with Crippen molar-refractivity contribution >= 4 is 18.0 Å². The van der Waals surface area contributed by atoms with Crippen LogP contribution in [0, 0.1) is 11.8 Å². The Bertz CT molecular complexity index is 817. The highest BCUT2D eigenvalue weighted by Crippen LogP contribution is 2.26. The molecular formula is C27H43NO8. The first-order valence-corrected chi connectivity index (χ1v) is 12.6. The van der Waals surface area contributed by atoms with Crippen LogP contribution >= 0.6 is 0 Å². The van der Waals surface area contributed by atoms with Gasteiger partial charge >= 0.3 is 18.0 Å². The minimum absolute atomic E-state index is 0.0283. The van der Waals surface area contributed by atoms with Crippen LogP contribution in [0.4, 0.5) is 4.79 Å². The first-order chi connectivity index (χ1) is 16.9. The lowest BCUT2D eigenvalue weighted by atomic mass is 9.88. The minimum atomic E-state index is -1.42. The van der Waals surface area contributed by atoms with Crippen molar-refractivity contribution in [3.63, 3.8) is 0 Å². The zero-order valence-corrected chi connectivity index (χ0v) is 22.4. The molecule has 1 rings (SSSR count). The molecule has 1 aliphatic rings. The van der Waals surface area contributed by atoms with Gasteiger partial charge in [-0.05, 0) is 44.8 Å². The van der Waals surface area contributed by atoms with Crippen molar-refractivity contribution in [2.24, 2.45) is 11.8 Å². The molecule has 0 spiro atoms. The van der Waals surface area contributed by atoms with E-state index < -0.39 is 41.9 Å². The quantitative estimate of drug-likeness (QED) is 0.196. The van der Waals surface area contributed by atoms with Crippen LogP contribution in [-0.4, -0.2) is 65.3 Å². The Kier molecular flexibility index (Phi) is 13.5. The van der Waals surface area contributed by atoms with Crippen LogP contribution in [0.25, 0.3) is 0 Å². The van der Waals surface area contributed by atoms with Gasteiger partial charge in [-0.15, -0.1) is 0 Å². The standard InChI is InChI=1S/C27H43NO8/c1-7-15-28-26(32)34-17-18(2)9-8-10-19(3)25-20(4)11-12-23(35-21(5)29)27(6,33)14-13-22(30)16-24(31)36-25/h8-12,18,20,22-23,25,30,33H,7,13-17H2,1-6H3,(H,28,32)/b9-8+,12-11+,19-10+/t18-,20-,22-,23+,25+,27-/m0/s1. The third kappa shape index (κ3) is 11.9. The van der Waals surface area contributed by atoms with E-state index in [0.29, 0.717) is 6.54 Å². The van der Waals surface area contributed by atoms with Gasteiger partial charge in [-0.2, -0.15) is 0 Å². The maximum Gasteiger partial charge on any atom is 0.407 e. The molecule has 6 atom stereocenters. The number of carbonyl (C=O) groups excluding carboxylic acids is 3. The van der Waals surface area contributed by atoms with Gasteiger partial charge in [-0.3, -0.25) is 9.59 Å². The number of allylic oxidation sites excluding steroid dienone is 2. The largest absolute Gasteiger partial charge is 0.457 e.